The first kappa shape index (κ1) is 21.4. The minimum atomic E-state index is -0.154. The highest BCUT2D eigenvalue weighted by molar-refractivity contribution is 5.94. The van der Waals surface area contributed by atoms with E-state index in [1.807, 2.05) is 54.6 Å². The van der Waals surface area contributed by atoms with E-state index in [0.717, 1.165) is 42.0 Å². The quantitative estimate of drug-likeness (QED) is 0.367. The molecule has 1 N–H and O–H groups in total. The van der Waals surface area contributed by atoms with Crippen LogP contribution >= 0.6 is 0 Å². The molecular weight excluding hydrogens is 402 g/mol. The van der Waals surface area contributed by atoms with Crippen molar-refractivity contribution >= 4 is 16.9 Å². The van der Waals surface area contributed by atoms with Gasteiger partial charge in [-0.2, -0.15) is 0 Å². The van der Waals surface area contributed by atoms with Crippen molar-refractivity contribution in [2.75, 3.05) is 13.7 Å². The molecule has 3 aromatic carbocycles. The van der Waals surface area contributed by atoms with Crippen molar-refractivity contribution in [2.24, 2.45) is 0 Å². The average Bonchev–Trinajstić information content (AvgIpc) is 3.20. The van der Waals surface area contributed by atoms with Crippen LogP contribution < -0.4 is 14.8 Å². The molecule has 0 bridgehead atoms. The molecular formula is C26H27N3O3. The largest absolute Gasteiger partial charge is 0.497 e. The molecule has 1 amide bonds. The molecule has 0 aliphatic carbocycles. The fraction of sp³-hybridized carbons (Fsp3) is 0.231. The lowest BCUT2D eigenvalue weighted by Gasteiger charge is -2.11. The number of aromatic nitrogens is 2. The van der Waals surface area contributed by atoms with Crippen LogP contribution in [0.15, 0.2) is 78.9 Å². The second-order valence-electron chi connectivity index (χ2n) is 7.45. The van der Waals surface area contributed by atoms with Crippen molar-refractivity contribution in [1.29, 1.82) is 0 Å². The van der Waals surface area contributed by atoms with Crippen molar-refractivity contribution in [3.63, 3.8) is 0 Å². The average molecular weight is 430 g/mol. The number of aryl methyl sites for hydroxylation is 1. The lowest BCUT2D eigenvalue weighted by Crippen LogP contribution is -2.24. The number of benzene rings is 3. The minimum absolute atomic E-state index is 0.154. The van der Waals surface area contributed by atoms with Crippen LogP contribution in [0.1, 0.15) is 29.0 Å². The Balaban J connectivity index is 1.39. The summed E-state index contributed by atoms with van der Waals surface area (Å²) in [7, 11) is 1.59. The number of hydrogen-bond acceptors (Lipinski definition) is 4. The van der Waals surface area contributed by atoms with Gasteiger partial charge in [0.15, 0.2) is 0 Å². The van der Waals surface area contributed by atoms with E-state index in [1.165, 1.54) is 0 Å². The molecule has 0 radical (unpaired) electrons. The standard InChI is InChI=1S/C26H27N3O3/c1-31-22-13-9-10-20(18-22)26(30)27-19-25-28-23-14-5-6-15-24(23)29(25)16-7-8-17-32-21-11-3-2-4-12-21/h2-6,9-15,18H,7-8,16-17,19H2,1H3,(H,27,30). The summed E-state index contributed by atoms with van der Waals surface area (Å²) in [6.45, 7) is 1.83. The molecule has 0 saturated heterocycles. The van der Waals surface area contributed by atoms with Gasteiger partial charge in [0, 0.05) is 12.1 Å². The van der Waals surface area contributed by atoms with Crippen LogP contribution in [0.25, 0.3) is 11.0 Å². The Hall–Kier alpha value is -3.80. The Bertz CT molecular complexity index is 1170. The number of ether oxygens (including phenoxy) is 2. The zero-order valence-electron chi connectivity index (χ0n) is 18.2. The fourth-order valence-corrected chi connectivity index (χ4v) is 3.61. The summed E-state index contributed by atoms with van der Waals surface area (Å²) in [6, 6.07) is 25.0. The van der Waals surface area contributed by atoms with Crippen molar-refractivity contribution < 1.29 is 14.3 Å². The van der Waals surface area contributed by atoms with Gasteiger partial charge in [0.25, 0.3) is 5.91 Å². The highest BCUT2D eigenvalue weighted by Gasteiger charge is 2.13. The number of hydrogen-bond donors (Lipinski definition) is 1. The van der Waals surface area contributed by atoms with Crippen molar-refractivity contribution in [2.45, 2.75) is 25.9 Å². The Morgan fingerprint density at radius 1 is 0.938 bits per heavy atom. The maximum atomic E-state index is 12.6. The molecule has 164 valence electrons. The maximum absolute atomic E-state index is 12.6. The lowest BCUT2D eigenvalue weighted by molar-refractivity contribution is 0.0949. The number of nitrogens with one attached hydrogen (secondary N) is 1. The van der Waals surface area contributed by atoms with E-state index in [1.54, 1.807) is 25.3 Å². The summed E-state index contributed by atoms with van der Waals surface area (Å²) >= 11 is 0. The summed E-state index contributed by atoms with van der Waals surface area (Å²) < 4.78 is 13.2. The molecule has 4 aromatic rings. The van der Waals surface area contributed by atoms with Crippen molar-refractivity contribution in [3.05, 3.63) is 90.3 Å². The molecule has 1 aromatic heterocycles. The maximum Gasteiger partial charge on any atom is 0.251 e. The van der Waals surface area contributed by atoms with Crippen LogP contribution in [-0.2, 0) is 13.1 Å². The molecule has 6 heteroatoms. The predicted molar refractivity (Wildman–Crippen MR) is 125 cm³/mol. The molecule has 6 nitrogen and oxygen atoms in total. The molecule has 0 atom stereocenters. The van der Waals surface area contributed by atoms with Gasteiger partial charge in [-0.05, 0) is 55.3 Å². The van der Waals surface area contributed by atoms with Crippen molar-refractivity contribution in [1.82, 2.24) is 14.9 Å². The van der Waals surface area contributed by atoms with Crippen LogP contribution in [0.2, 0.25) is 0 Å². The molecule has 4 rings (SSSR count). The van der Waals surface area contributed by atoms with Gasteiger partial charge in [0.05, 0.1) is 31.3 Å². The first-order chi connectivity index (χ1) is 15.7. The summed E-state index contributed by atoms with van der Waals surface area (Å²) in [5, 5.41) is 2.99. The van der Waals surface area contributed by atoms with Gasteiger partial charge in [-0.25, -0.2) is 4.98 Å². The second kappa shape index (κ2) is 10.5. The van der Waals surface area contributed by atoms with E-state index in [9.17, 15) is 4.79 Å². The fourth-order valence-electron chi connectivity index (χ4n) is 3.61. The summed E-state index contributed by atoms with van der Waals surface area (Å²) in [6.07, 6.45) is 1.88. The highest BCUT2D eigenvalue weighted by atomic mass is 16.5. The molecule has 0 unspecified atom stereocenters. The van der Waals surface area contributed by atoms with Gasteiger partial charge >= 0.3 is 0 Å². The van der Waals surface area contributed by atoms with Gasteiger partial charge in [-0.3, -0.25) is 4.79 Å². The molecule has 0 saturated carbocycles. The molecule has 1 heterocycles. The van der Waals surface area contributed by atoms with Gasteiger partial charge in [0.2, 0.25) is 0 Å². The molecule has 0 spiro atoms. The van der Waals surface area contributed by atoms with Gasteiger partial charge < -0.3 is 19.4 Å². The number of rotatable bonds is 10. The number of amides is 1. The normalized spacial score (nSPS) is 10.8. The predicted octanol–water partition coefficient (Wildman–Crippen LogP) is 4.83. The highest BCUT2D eigenvalue weighted by Crippen LogP contribution is 2.18. The number of nitrogens with zero attached hydrogens (tertiary/aromatic N) is 2. The lowest BCUT2D eigenvalue weighted by atomic mass is 10.2. The number of carbonyl (C=O) groups excluding carboxylic acids is 1. The van der Waals surface area contributed by atoms with E-state index in [0.29, 0.717) is 24.5 Å². The van der Waals surface area contributed by atoms with Crippen LogP contribution in [0.3, 0.4) is 0 Å². The molecule has 0 fully saturated rings. The Labute approximate surface area is 187 Å². The number of para-hydroxylation sites is 3. The van der Waals surface area contributed by atoms with Gasteiger partial charge in [-0.1, -0.05) is 36.4 Å². The van der Waals surface area contributed by atoms with E-state index in [2.05, 4.69) is 16.0 Å². The first-order valence-electron chi connectivity index (χ1n) is 10.8. The van der Waals surface area contributed by atoms with E-state index >= 15 is 0 Å². The first-order valence-corrected chi connectivity index (χ1v) is 10.8. The number of fused-ring (bicyclic) bond motifs is 1. The molecule has 0 aliphatic rings. The third kappa shape index (κ3) is 5.27. The zero-order chi connectivity index (χ0) is 22.2. The monoisotopic (exact) mass is 429 g/mol. The Kier molecular flexibility index (Phi) is 7.02. The van der Waals surface area contributed by atoms with Crippen molar-refractivity contribution in [3.8, 4) is 11.5 Å². The SMILES string of the molecule is COc1cccc(C(=O)NCc2nc3ccccc3n2CCCCOc2ccccc2)c1. The summed E-state index contributed by atoms with van der Waals surface area (Å²) in [4.78, 5) is 17.4. The summed E-state index contributed by atoms with van der Waals surface area (Å²) in [5.41, 5.74) is 2.56. The Morgan fingerprint density at radius 2 is 1.72 bits per heavy atom. The van der Waals surface area contributed by atoms with E-state index < -0.39 is 0 Å². The number of carbonyl (C=O) groups is 1. The Morgan fingerprint density at radius 3 is 2.56 bits per heavy atom. The van der Waals surface area contributed by atoms with Gasteiger partial charge in [-0.15, -0.1) is 0 Å². The summed E-state index contributed by atoms with van der Waals surface area (Å²) in [5.74, 6) is 2.23. The van der Waals surface area contributed by atoms with E-state index in [4.69, 9.17) is 14.5 Å². The van der Waals surface area contributed by atoms with Crippen LogP contribution in [0.5, 0.6) is 11.5 Å². The van der Waals surface area contributed by atoms with Crippen LogP contribution in [0, 0.1) is 0 Å². The number of unbranched alkanes of at least 4 members (excludes halogenated alkanes) is 1. The molecule has 32 heavy (non-hydrogen) atoms. The number of imidazole rings is 1. The van der Waals surface area contributed by atoms with Gasteiger partial charge in [0.1, 0.15) is 17.3 Å². The third-order valence-corrected chi connectivity index (χ3v) is 5.26. The van der Waals surface area contributed by atoms with Crippen LogP contribution in [0.4, 0.5) is 0 Å². The topological polar surface area (TPSA) is 65.4 Å². The second-order valence-corrected chi connectivity index (χ2v) is 7.45. The zero-order valence-corrected chi connectivity index (χ0v) is 18.2. The molecule has 0 aliphatic heterocycles. The third-order valence-electron chi connectivity index (χ3n) is 5.26. The van der Waals surface area contributed by atoms with Crippen LogP contribution in [-0.4, -0.2) is 29.2 Å². The minimum Gasteiger partial charge on any atom is -0.497 e. The van der Waals surface area contributed by atoms with E-state index in [-0.39, 0.29) is 5.91 Å². The smallest absolute Gasteiger partial charge is 0.251 e. The number of methoxy groups -OCH3 is 1.